The van der Waals surface area contributed by atoms with Gasteiger partial charge in [0.25, 0.3) is 0 Å². The van der Waals surface area contributed by atoms with E-state index in [0.29, 0.717) is 11.4 Å². The van der Waals surface area contributed by atoms with E-state index in [4.69, 9.17) is 5.73 Å². The van der Waals surface area contributed by atoms with Gasteiger partial charge in [-0.05, 0) is 64.4 Å². The number of pyridine rings is 1. The summed E-state index contributed by atoms with van der Waals surface area (Å²) in [5, 5.41) is 0. The van der Waals surface area contributed by atoms with Gasteiger partial charge in [0.2, 0.25) is 0 Å². The van der Waals surface area contributed by atoms with Gasteiger partial charge in [-0.1, -0.05) is 11.6 Å². The minimum Gasteiger partial charge on any atom is -0.384 e. The average Bonchev–Trinajstić information content (AvgIpc) is 2.35. The molecule has 18 heavy (non-hydrogen) atoms. The van der Waals surface area contributed by atoms with Crippen molar-refractivity contribution in [3.63, 3.8) is 0 Å². The summed E-state index contributed by atoms with van der Waals surface area (Å²) >= 11 is 0. The number of anilines is 1. The number of hydrogen-bond acceptors (Lipinski definition) is 3. The molecule has 0 aromatic carbocycles. The fourth-order valence-corrected chi connectivity index (χ4v) is 2.44. The van der Waals surface area contributed by atoms with Crippen LogP contribution < -0.4 is 5.73 Å². The first kappa shape index (κ1) is 13.1. The zero-order chi connectivity index (χ0) is 13.2. The molecular weight excluding hydrogens is 222 g/mol. The van der Waals surface area contributed by atoms with Crippen LogP contribution in [0.3, 0.4) is 0 Å². The smallest absolute Gasteiger partial charge is 0.123 e. The largest absolute Gasteiger partial charge is 0.384 e. The van der Waals surface area contributed by atoms with Crippen molar-refractivity contribution in [1.82, 2.24) is 9.88 Å². The van der Waals surface area contributed by atoms with Gasteiger partial charge in [0, 0.05) is 11.7 Å². The maximum absolute atomic E-state index is 5.59. The highest BCUT2D eigenvalue weighted by atomic mass is 15.1. The lowest BCUT2D eigenvalue weighted by Gasteiger charge is -2.40. The maximum atomic E-state index is 5.59. The minimum atomic E-state index is 0.358. The SMILES string of the molecule is CN(C)C1(C)CCC(=Cc2ccc(N)nc2)CC1. The van der Waals surface area contributed by atoms with Crippen LogP contribution in [0, 0.1) is 0 Å². The van der Waals surface area contributed by atoms with Gasteiger partial charge in [0.05, 0.1) is 0 Å². The molecule has 1 aliphatic rings. The van der Waals surface area contributed by atoms with Crippen molar-refractivity contribution in [2.75, 3.05) is 19.8 Å². The molecule has 3 heteroatoms. The van der Waals surface area contributed by atoms with E-state index in [-0.39, 0.29) is 0 Å². The van der Waals surface area contributed by atoms with Crippen LogP contribution in [0.1, 0.15) is 38.2 Å². The Morgan fingerprint density at radius 2 is 1.94 bits per heavy atom. The van der Waals surface area contributed by atoms with Gasteiger partial charge in [-0.15, -0.1) is 0 Å². The van der Waals surface area contributed by atoms with Gasteiger partial charge in [-0.2, -0.15) is 0 Å². The van der Waals surface area contributed by atoms with E-state index in [9.17, 15) is 0 Å². The summed E-state index contributed by atoms with van der Waals surface area (Å²) in [6, 6.07) is 3.90. The number of aromatic nitrogens is 1. The summed E-state index contributed by atoms with van der Waals surface area (Å²) in [7, 11) is 4.36. The zero-order valence-corrected chi connectivity index (χ0v) is 11.6. The van der Waals surface area contributed by atoms with Crippen molar-refractivity contribution in [3.8, 4) is 0 Å². The normalized spacial score (nSPS) is 24.3. The molecule has 0 aliphatic heterocycles. The number of nitrogens with two attached hydrogens (primary N) is 1. The van der Waals surface area contributed by atoms with Crippen molar-refractivity contribution in [3.05, 3.63) is 29.5 Å². The van der Waals surface area contributed by atoms with Crippen LogP contribution >= 0.6 is 0 Å². The molecule has 1 aliphatic carbocycles. The lowest BCUT2D eigenvalue weighted by molar-refractivity contribution is 0.135. The Hall–Kier alpha value is -1.35. The van der Waals surface area contributed by atoms with Crippen molar-refractivity contribution < 1.29 is 0 Å². The second-order valence-corrected chi connectivity index (χ2v) is 5.71. The quantitative estimate of drug-likeness (QED) is 0.871. The molecule has 0 atom stereocenters. The van der Waals surface area contributed by atoms with Crippen LogP contribution in [0.2, 0.25) is 0 Å². The van der Waals surface area contributed by atoms with Crippen molar-refractivity contribution in [1.29, 1.82) is 0 Å². The second-order valence-electron chi connectivity index (χ2n) is 5.71. The standard InChI is InChI=1S/C15H23N3/c1-15(18(2)3)8-6-12(7-9-15)10-13-4-5-14(16)17-11-13/h4-5,10-11H,6-9H2,1-3H3,(H2,16,17). The first-order chi connectivity index (χ1) is 8.49. The van der Waals surface area contributed by atoms with Crippen LogP contribution in [0.15, 0.2) is 23.9 Å². The predicted molar refractivity (Wildman–Crippen MR) is 77.2 cm³/mol. The fourth-order valence-electron chi connectivity index (χ4n) is 2.44. The predicted octanol–water partition coefficient (Wildman–Crippen LogP) is 2.94. The number of allylic oxidation sites excluding steroid dienone is 1. The van der Waals surface area contributed by atoms with E-state index in [1.165, 1.54) is 31.3 Å². The number of nitrogens with zero attached hydrogens (tertiary/aromatic N) is 2. The summed E-state index contributed by atoms with van der Waals surface area (Å²) < 4.78 is 0. The molecule has 1 heterocycles. The van der Waals surface area contributed by atoms with E-state index >= 15 is 0 Å². The lowest BCUT2D eigenvalue weighted by Crippen LogP contribution is -2.43. The average molecular weight is 245 g/mol. The van der Waals surface area contributed by atoms with Crippen molar-refractivity contribution in [2.45, 2.75) is 38.1 Å². The Kier molecular flexibility index (Phi) is 3.71. The highest BCUT2D eigenvalue weighted by molar-refractivity contribution is 5.53. The Morgan fingerprint density at radius 3 is 2.44 bits per heavy atom. The molecule has 1 saturated carbocycles. The highest BCUT2D eigenvalue weighted by Crippen LogP contribution is 2.35. The third kappa shape index (κ3) is 2.91. The zero-order valence-electron chi connectivity index (χ0n) is 11.6. The molecule has 0 bridgehead atoms. The van der Waals surface area contributed by atoms with E-state index in [2.05, 4.69) is 37.0 Å². The van der Waals surface area contributed by atoms with Crippen LogP contribution in [-0.4, -0.2) is 29.5 Å². The van der Waals surface area contributed by atoms with Gasteiger partial charge < -0.3 is 10.6 Å². The molecule has 1 aromatic heterocycles. The van der Waals surface area contributed by atoms with Gasteiger partial charge in [-0.25, -0.2) is 4.98 Å². The Bertz CT molecular complexity index is 422. The van der Waals surface area contributed by atoms with Gasteiger partial charge >= 0.3 is 0 Å². The molecule has 3 nitrogen and oxygen atoms in total. The van der Waals surface area contributed by atoms with E-state index in [0.717, 1.165) is 5.56 Å². The molecule has 0 amide bonds. The second kappa shape index (κ2) is 5.11. The summed E-state index contributed by atoms with van der Waals surface area (Å²) in [6.07, 6.45) is 8.93. The first-order valence-electron chi connectivity index (χ1n) is 6.58. The molecule has 1 aromatic rings. The monoisotopic (exact) mass is 245 g/mol. The summed E-state index contributed by atoms with van der Waals surface area (Å²) in [5.41, 5.74) is 8.64. The van der Waals surface area contributed by atoms with Crippen molar-refractivity contribution in [2.24, 2.45) is 0 Å². The maximum Gasteiger partial charge on any atom is 0.123 e. The lowest BCUT2D eigenvalue weighted by atomic mass is 9.79. The van der Waals surface area contributed by atoms with Gasteiger partial charge in [0.1, 0.15) is 5.82 Å². The van der Waals surface area contributed by atoms with Gasteiger partial charge in [0.15, 0.2) is 0 Å². The van der Waals surface area contributed by atoms with E-state index in [1.54, 1.807) is 0 Å². The summed E-state index contributed by atoms with van der Waals surface area (Å²) in [6.45, 7) is 2.36. The van der Waals surface area contributed by atoms with E-state index in [1.807, 2.05) is 18.3 Å². The first-order valence-corrected chi connectivity index (χ1v) is 6.58. The Labute approximate surface area is 110 Å². The third-order valence-electron chi connectivity index (χ3n) is 4.23. The summed E-state index contributed by atoms with van der Waals surface area (Å²) in [5.74, 6) is 0.584. The van der Waals surface area contributed by atoms with Crippen LogP contribution in [0.5, 0.6) is 0 Å². The molecular formula is C15H23N3. The minimum absolute atomic E-state index is 0.358. The third-order valence-corrected chi connectivity index (χ3v) is 4.23. The van der Waals surface area contributed by atoms with Crippen LogP contribution in [0.4, 0.5) is 5.82 Å². The Morgan fingerprint density at radius 1 is 1.28 bits per heavy atom. The molecule has 0 radical (unpaired) electrons. The molecule has 2 rings (SSSR count). The highest BCUT2D eigenvalue weighted by Gasteiger charge is 2.30. The molecule has 98 valence electrons. The molecule has 1 fully saturated rings. The van der Waals surface area contributed by atoms with Crippen LogP contribution in [-0.2, 0) is 0 Å². The van der Waals surface area contributed by atoms with E-state index < -0.39 is 0 Å². The molecule has 0 saturated heterocycles. The van der Waals surface area contributed by atoms with Crippen LogP contribution in [0.25, 0.3) is 6.08 Å². The fraction of sp³-hybridized carbons (Fsp3) is 0.533. The van der Waals surface area contributed by atoms with Crippen molar-refractivity contribution >= 4 is 11.9 Å². The molecule has 2 N–H and O–H groups in total. The molecule has 0 unspecified atom stereocenters. The number of nitrogen functional groups attached to an aromatic ring is 1. The summed E-state index contributed by atoms with van der Waals surface area (Å²) in [4.78, 5) is 6.48. The number of hydrogen-bond donors (Lipinski definition) is 1. The Balaban J connectivity index is 2.03. The van der Waals surface area contributed by atoms with Gasteiger partial charge in [-0.3, -0.25) is 0 Å². The molecule has 0 spiro atoms. The topological polar surface area (TPSA) is 42.1 Å². The number of rotatable bonds is 2.